The smallest absolute Gasteiger partial charge is 0.419 e. The van der Waals surface area contributed by atoms with Gasteiger partial charge in [-0.05, 0) is 0 Å². The Bertz CT molecular complexity index is 126. The Kier molecular flexibility index (Phi) is 4.17. The first kappa shape index (κ1) is 8.86. The highest BCUT2D eigenvalue weighted by Crippen LogP contribution is 1.69. The molecular weight excluding hydrogens is 140 g/mol. The summed E-state index contributed by atoms with van der Waals surface area (Å²) in [6.07, 6.45) is -0.907. The average Bonchev–Trinajstić information content (AvgIpc) is 1.90. The molecule has 58 valence electrons. The zero-order valence-corrected chi connectivity index (χ0v) is 5.07. The lowest BCUT2D eigenvalue weighted by Gasteiger charge is -2.07. The summed E-state index contributed by atoms with van der Waals surface area (Å²) in [5.74, 6) is 0. The summed E-state index contributed by atoms with van der Waals surface area (Å²) in [6, 6.07) is -0.879. The van der Waals surface area contributed by atoms with Crippen LogP contribution in [0.5, 0.6) is 0 Å². The van der Waals surface area contributed by atoms with E-state index in [4.69, 9.17) is 10.2 Å². The lowest BCUT2D eigenvalue weighted by molar-refractivity contribution is -0.110. The summed E-state index contributed by atoms with van der Waals surface area (Å²) >= 11 is 0. The van der Waals surface area contributed by atoms with Gasteiger partial charge in [0.1, 0.15) is 12.3 Å². The number of nitrogens with one attached hydrogen (secondary N) is 2. The molecule has 1 atom stereocenters. The van der Waals surface area contributed by atoms with E-state index in [1.54, 1.807) is 5.43 Å². The second-order valence-electron chi connectivity index (χ2n) is 1.50. The van der Waals surface area contributed by atoms with Crippen LogP contribution >= 0.6 is 0 Å². The van der Waals surface area contributed by atoms with E-state index in [9.17, 15) is 9.59 Å². The Labute approximate surface area is 56.8 Å². The van der Waals surface area contributed by atoms with Gasteiger partial charge < -0.3 is 15.0 Å². The van der Waals surface area contributed by atoms with Crippen molar-refractivity contribution in [3.63, 3.8) is 0 Å². The molecular formula is C4H8N2O4. The molecule has 0 aromatic rings. The maximum atomic E-state index is 9.89. The monoisotopic (exact) mass is 148 g/mol. The fraction of sp³-hybridized carbons (Fsp3) is 0.500. The van der Waals surface area contributed by atoms with Crippen molar-refractivity contribution in [2.45, 2.75) is 6.04 Å². The van der Waals surface area contributed by atoms with E-state index in [-0.39, 0.29) is 0 Å². The van der Waals surface area contributed by atoms with E-state index in [2.05, 4.69) is 5.43 Å². The van der Waals surface area contributed by atoms with Gasteiger partial charge in [0.15, 0.2) is 0 Å². The summed E-state index contributed by atoms with van der Waals surface area (Å²) < 4.78 is 0. The topological polar surface area (TPSA) is 98.7 Å². The van der Waals surface area contributed by atoms with Crippen molar-refractivity contribution in [2.75, 3.05) is 6.61 Å². The van der Waals surface area contributed by atoms with Crippen LogP contribution in [0.25, 0.3) is 0 Å². The first-order valence-electron chi connectivity index (χ1n) is 2.51. The number of hydrazine groups is 1. The van der Waals surface area contributed by atoms with Crippen LogP contribution in [0, 0.1) is 0 Å². The predicted molar refractivity (Wildman–Crippen MR) is 31.2 cm³/mol. The molecule has 6 heteroatoms. The van der Waals surface area contributed by atoms with Gasteiger partial charge in [-0.25, -0.2) is 10.2 Å². The van der Waals surface area contributed by atoms with Gasteiger partial charge in [-0.2, -0.15) is 0 Å². The Morgan fingerprint density at radius 2 is 2.30 bits per heavy atom. The van der Waals surface area contributed by atoms with Crippen LogP contribution in [-0.4, -0.2) is 35.2 Å². The highest BCUT2D eigenvalue weighted by Gasteiger charge is 2.03. The number of amides is 1. The van der Waals surface area contributed by atoms with Gasteiger partial charge in [0.2, 0.25) is 0 Å². The number of aliphatic hydroxyl groups excluding tert-OH is 1. The second-order valence-corrected chi connectivity index (χ2v) is 1.50. The maximum absolute atomic E-state index is 9.89. The number of aldehydes is 1. The lowest BCUT2D eigenvalue weighted by Crippen LogP contribution is -2.46. The Morgan fingerprint density at radius 3 is 2.60 bits per heavy atom. The average molecular weight is 148 g/mol. The fourth-order valence-electron chi connectivity index (χ4n) is 0.277. The highest BCUT2D eigenvalue weighted by atomic mass is 16.4. The molecule has 0 radical (unpaired) electrons. The van der Waals surface area contributed by atoms with Crippen molar-refractivity contribution in [3.8, 4) is 0 Å². The minimum atomic E-state index is -1.31. The molecule has 0 aromatic heterocycles. The minimum absolute atomic E-state index is 0.399. The number of hydrogen-bond donors (Lipinski definition) is 4. The molecule has 0 fully saturated rings. The molecule has 10 heavy (non-hydrogen) atoms. The van der Waals surface area contributed by atoms with Crippen LogP contribution in [0.1, 0.15) is 0 Å². The molecule has 4 N–H and O–H groups in total. The number of carbonyl (C=O) groups is 2. The normalized spacial score (nSPS) is 12.1. The SMILES string of the molecule is O=CC(CO)NNC(=O)O. The number of hydrogen-bond acceptors (Lipinski definition) is 4. The largest absolute Gasteiger partial charge is 0.464 e. The van der Waals surface area contributed by atoms with Gasteiger partial charge in [0.05, 0.1) is 6.61 Å². The van der Waals surface area contributed by atoms with Gasteiger partial charge in [0, 0.05) is 0 Å². The zero-order chi connectivity index (χ0) is 7.98. The molecule has 1 unspecified atom stereocenters. The van der Waals surface area contributed by atoms with Gasteiger partial charge in [-0.3, -0.25) is 5.43 Å². The van der Waals surface area contributed by atoms with Crippen LogP contribution < -0.4 is 10.9 Å². The molecule has 0 rings (SSSR count). The van der Waals surface area contributed by atoms with Crippen LogP contribution in [0.15, 0.2) is 0 Å². The Morgan fingerprint density at radius 1 is 1.70 bits per heavy atom. The number of carboxylic acid groups (broad SMARTS) is 1. The fourth-order valence-corrected chi connectivity index (χ4v) is 0.277. The third-order valence-corrected chi connectivity index (χ3v) is 0.725. The van der Waals surface area contributed by atoms with E-state index < -0.39 is 18.7 Å². The van der Waals surface area contributed by atoms with E-state index >= 15 is 0 Å². The quantitative estimate of drug-likeness (QED) is 0.282. The van der Waals surface area contributed by atoms with Crippen LogP contribution in [0.3, 0.4) is 0 Å². The lowest BCUT2D eigenvalue weighted by atomic mass is 10.4. The molecule has 0 aromatic carbocycles. The summed E-state index contributed by atoms with van der Waals surface area (Å²) in [4.78, 5) is 19.7. The standard InChI is InChI=1S/C4H8N2O4/c7-1-3(2-8)5-6-4(9)10/h1,3,5-6,8H,2H2,(H,9,10). The van der Waals surface area contributed by atoms with E-state index in [1.807, 2.05) is 0 Å². The summed E-state index contributed by atoms with van der Waals surface area (Å²) in [7, 11) is 0. The minimum Gasteiger partial charge on any atom is -0.464 e. The molecule has 0 saturated heterocycles. The highest BCUT2D eigenvalue weighted by molar-refractivity contribution is 5.65. The maximum Gasteiger partial charge on any atom is 0.419 e. The number of carbonyl (C=O) groups excluding carboxylic acids is 1. The molecule has 0 aliphatic rings. The summed E-state index contributed by atoms with van der Waals surface area (Å²) in [5.41, 5.74) is 3.77. The molecule has 6 nitrogen and oxygen atoms in total. The molecule has 0 aliphatic heterocycles. The predicted octanol–water partition coefficient (Wildman–Crippen LogP) is -1.68. The van der Waals surface area contributed by atoms with Crippen molar-refractivity contribution in [3.05, 3.63) is 0 Å². The Balaban J connectivity index is 3.44. The van der Waals surface area contributed by atoms with Gasteiger partial charge in [-0.15, -0.1) is 0 Å². The third-order valence-electron chi connectivity index (χ3n) is 0.725. The molecule has 0 aliphatic carbocycles. The van der Waals surface area contributed by atoms with Crippen molar-refractivity contribution in [1.29, 1.82) is 0 Å². The van der Waals surface area contributed by atoms with E-state index in [0.717, 1.165) is 0 Å². The molecule has 0 spiro atoms. The molecule has 0 heterocycles. The zero-order valence-electron chi connectivity index (χ0n) is 5.07. The number of rotatable bonds is 4. The molecule has 0 saturated carbocycles. The van der Waals surface area contributed by atoms with Gasteiger partial charge in [0.25, 0.3) is 0 Å². The van der Waals surface area contributed by atoms with Crippen molar-refractivity contribution in [2.24, 2.45) is 0 Å². The van der Waals surface area contributed by atoms with Crippen LogP contribution in [0.2, 0.25) is 0 Å². The van der Waals surface area contributed by atoms with Crippen molar-refractivity contribution >= 4 is 12.4 Å². The van der Waals surface area contributed by atoms with Crippen molar-refractivity contribution < 1.29 is 19.8 Å². The second kappa shape index (κ2) is 4.71. The van der Waals surface area contributed by atoms with Gasteiger partial charge in [-0.1, -0.05) is 0 Å². The first-order valence-corrected chi connectivity index (χ1v) is 2.51. The number of aliphatic hydroxyl groups is 1. The molecule has 1 amide bonds. The Hall–Kier alpha value is -1.14. The summed E-state index contributed by atoms with van der Waals surface area (Å²) in [5, 5.41) is 16.3. The summed E-state index contributed by atoms with van der Waals surface area (Å²) in [6.45, 7) is -0.441. The van der Waals surface area contributed by atoms with Crippen LogP contribution in [0.4, 0.5) is 4.79 Å². The first-order chi connectivity index (χ1) is 4.70. The van der Waals surface area contributed by atoms with Crippen molar-refractivity contribution in [1.82, 2.24) is 10.9 Å². The van der Waals surface area contributed by atoms with E-state index in [1.165, 1.54) is 0 Å². The van der Waals surface area contributed by atoms with E-state index in [0.29, 0.717) is 6.29 Å². The van der Waals surface area contributed by atoms with Gasteiger partial charge >= 0.3 is 6.09 Å². The van der Waals surface area contributed by atoms with Crippen LogP contribution in [-0.2, 0) is 4.79 Å². The third kappa shape index (κ3) is 3.81. The molecule has 0 bridgehead atoms.